The quantitative estimate of drug-likeness (QED) is 0.496. The van der Waals surface area contributed by atoms with Crippen LogP contribution in [0.25, 0.3) is 0 Å². The first-order valence-electron chi connectivity index (χ1n) is 13.6. The van der Waals surface area contributed by atoms with Crippen LogP contribution >= 0.6 is 11.8 Å². The normalized spacial score (nSPS) is 34.5. The van der Waals surface area contributed by atoms with Crippen molar-refractivity contribution in [2.75, 3.05) is 6.61 Å². The highest BCUT2D eigenvalue weighted by atomic mass is 32.2. The maximum Gasteiger partial charge on any atom is 0.244 e. The van der Waals surface area contributed by atoms with E-state index >= 15 is 0 Å². The van der Waals surface area contributed by atoms with E-state index in [1.54, 1.807) is 16.7 Å². The zero-order valence-electron chi connectivity index (χ0n) is 21.4. The number of thioether (sulfide) groups is 1. The van der Waals surface area contributed by atoms with Gasteiger partial charge in [0, 0.05) is 17.3 Å². The van der Waals surface area contributed by atoms with Crippen LogP contribution in [0.3, 0.4) is 0 Å². The Balaban J connectivity index is 1.45. The van der Waals surface area contributed by atoms with E-state index < -0.39 is 33.4 Å². The van der Waals surface area contributed by atoms with Crippen LogP contribution in [0.5, 0.6) is 0 Å². The van der Waals surface area contributed by atoms with Crippen molar-refractivity contribution in [3.8, 4) is 0 Å². The molecule has 2 unspecified atom stereocenters. The van der Waals surface area contributed by atoms with E-state index in [4.69, 9.17) is 0 Å². The fourth-order valence-electron chi connectivity index (χ4n) is 7.29. The van der Waals surface area contributed by atoms with Crippen molar-refractivity contribution in [3.05, 3.63) is 35.9 Å². The van der Waals surface area contributed by atoms with Crippen LogP contribution in [-0.4, -0.2) is 62.0 Å². The number of aliphatic hydroxyl groups is 1. The minimum atomic E-state index is -0.659. The van der Waals surface area contributed by atoms with E-state index in [2.05, 4.69) is 17.6 Å². The maximum atomic E-state index is 14.1. The van der Waals surface area contributed by atoms with Crippen LogP contribution in [0.15, 0.2) is 30.3 Å². The highest BCUT2D eigenvalue weighted by Gasteiger charge is 2.77. The van der Waals surface area contributed by atoms with Crippen molar-refractivity contribution >= 4 is 29.5 Å². The van der Waals surface area contributed by atoms with Crippen LogP contribution in [0.2, 0.25) is 0 Å². The maximum absolute atomic E-state index is 14.1. The number of aliphatic hydroxyl groups excluding tert-OH is 1. The molecule has 0 radical (unpaired) electrons. The van der Waals surface area contributed by atoms with Crippen LogP contribution in [0, 0.1) is 11.8 Å². The van der Waals surface area contributed by atoms with Crippen molar-refractivity contribution < 1.29 is 19.5 Å². The van der Waals surface area contributed by atoms with Gasteiger partial charge in [0.25, 0.3) is 0 Å². The number of likely N-dealkylation sites (tertiary alicyclic amines) is 1. The van der Waals surface area contributed by atoms with Gasteiger partial charge in [0.2, 0.25) is 17.7 Å². The standard InChI is InChI=1S/C28H39N3O4S/c1-3-20(17-32)31-23(25(34)30-19-12-8-5-9-13-19)28-15-14-27(2,36-28)21(22(28)26(31)35)24(33)29-16-18-10-6-4-7-11-18/h4,6-7,10-11,19-23,32H,3,5,8-9,12-17H2,1-2H3,(H,29,33)(H,30,34)/t20-,21-,22-,23?,27+,28?/m0/s1. The molecule has 3 heterocycles. The van der Waals surface area contributed by atoms with Crippen molar-refractivity contribution in [3.63, 3.8) is 0 Å². The number of carbonyl (C=O) groups excluding carboxylic acids is 3. The first-order chi connectivity index (χ1) is 17.3. The molecule has 1 aromatic rings. The fraction of sp³-hybridized carbons (Fsp3) is 0.679. The Bertz CT molecular complexity index is 996. The first-order valence-corrected chi connectivity index (χ1v) is 14.4. The van der Waals surface area contributed by atoms with Gasteiger partial charge in [0.1, 0.15) is 6.04 Å². The zero-order valence-corrected chi connectivity index (χ0v) is 22.2. The molecule has 36 heavy (non-hydrogen) atoms. The van der Waals surface area contributed by atoms with Gasteiger partial charge < -0.3 is 20.6 Å². The van der Waals surface area contributed by atoms with Crippen molar-refractivity contribution in [1.82, 2.24) is 15.5 Å². The molecule has 1 spiro atoms. The van der Waals surface area contributed by atoms with Gasteiger partial charge in [-0.1, -0.05) is 56.5 Å². The predicted octanol–water partition coefficient (Wildman–Crippen LogP) is 3.00. The number of nitrogens with zero attached hydrogens (tertiary/aromatic N) is 1. The van der Waals surface area contributed by atoms with Gasteiger partial charge >= 0.3 is 0 Å². The summed E-state index contributed by atoms with van der Waals surface area (Å²) >= 11 is 1.69. The van der Waals surface area contributed by atoms with E-state index in [1.165, 1.54) is 6.42 Å². The summed E-state index contributed by atoms with van der Waals surface area (Å²) in [5.41, 5.74) is 1.01. The minimum Gasteiger partial charge on any atom is -0.394 e. The Morgan fingerprint density at radius 2 is 1.86 bits per heavy atom. The molecule has 5 rings (SSSR count). The van der Waals surface area contributed by atoms with Crippen molar-refractivity contribution in [2.24, 2.45) is 11.8 Å². The smallest absolute Gasteiger partial charge is 0.244 e. The lowest BCUT2D eigenvalue weighted by Crippen LogP contribution is -2.58. The van der Waals surface area contributed by atoms with Gasteiger partial charge in [-0.15, -0.1) is 11.8 Å². The molecule has 4 aliphatic rings. The summed E-state index contributed by atoms with van der Waals surface area (Å²) in [4.78, 5) is 43.4. The van der Waals surface area contributed by atoms with Gasteiger partial charge in [0.05, 0.1) is 29.2 Å². The summed E-state index contributed by atoms with van der Waals surface area (Å²) < 4.78 is -1.03. The largest absolute Gasteiger partial charge is 0.394 e. The molecule has 1 aliphatic carbocycles. The highest BCUT2D eigenvalue weighted by molar-refractivity contribution is 8.02. The van der Waals surface area contributed by atoms with Gasteiger partial charge in [-0.25, -0.2) is 0 Å². The molecule has 1 aromatic carbocycles. The van der Waals surface area contributed by atoms with Crippen LogP contribution in [0.4, 0.5) is 0 Å². The predicted molar refractivity (Wildman–Crippen MR) is 140 cm³/mol. The molecular weight excluding hydrogens is 474 g/mol. The average molecular weight is 514 g/mol. The number of carbonyl (C=O) groups is 3. The molecular formula is C28H39N3O4S. The topological polar surface area (TPSA) is 98.7 Å². The van der Waals surface area contributed by atoms with Crippen LogP contribution < -0.4 is 10.6 Å². The molecule has 3 saturated heterocycles. The third-order valence-corrected chi connectivity index (χ3v) is 11.1. The number of benzene rings is 1. The fourth-order valence-corrected chi connectivity index (χ4v) is 9.64. The van der Waals surface area contributed by atoms with Crippen molar-refractivity contribution in [2.45, 2.75) is 99.4 Å². The molecule has 0 aromatic heterocycles. The van der Waals surface area contributed by atoms with Crippen molar-refractivity contribution in [1.29, 1.82) is 0 Å². The van der Waals surface area contributed by atoms with E-state index in [0.29, 0.717) is 13.0 Å². The summed E-state index contributed by atoms with van der Waals surface area (Å²) in [7, 11) is 0. The Morgan fingerprint density at radius 1 is 1.14 bits per heavy atom. The number of rotatable bonds is 8. The van der Waals surface area contributed by atoms with Gasteiger partial charge in [-0.3, -0.25) is 14.4 Å². The molecule has 7 nitrogen and oxygen atoms in total. The number of amides is 3. The highest BCUT2D eigenvalue weighted by Crippen LogP contribution is 2.71. The molecule has 4 fully saturated rings. The van der Waals surface area contributed by atoms with E-state index in [9.17, 15) is 19.5 Å². The Labute approximate surface area is 218 Å². The lowest BCUT2D eigenvalue weighted by molar-refractivity contribution is -0.143. The number of hydrogen-bond acceptors (Lipinski definition) is 5. The lowest BCUT2D eigenvalue weighted by Gasteiger charge is -2.38. The summed E-state index contributed by atoms with van der Waals surface area (Å²) in [5, 5.41) is 16.5. The molecule has 3 N–H and O–H groups in total. The lowest BCUT2D eigenvalue weighted by atomic mass is 9.66. The molecule has 3 aliphatic heterocycles. The average Bonchev–Trinajstić information content (AvgIpc) is 3.46. The molecule has 1 saturated carbocycles. The molecule has 196 valence electrons. The summed E-state index contributed by atoms with van der Waals surface area (Å²) in [6, 6.07) is 8.82. The van der Waals surface area contributed by atoms with Gasteiger partial charge in [0.15, 0.2) is 0 Å². The molecule has 3 amide bonds. The Morgan fingerprint density at radius 3 is 2.53 bits per heavy atom. The van der Waals surface area contributed by atoms with E-state index in [-0.39, 0.29) is 30.4 Å². The van der Waals surface area contributed by atoms with Crippen LogP contribution in [0.1, 0.15) is 70.8 Å². The second kappa shape index (κ2) is 10.0. The molecule has 8 heteroatoms. The summed E-state index contributed by atoms with van der Waals surface area (Å²) in [5.74, 6) is -1.42. The summed E-state index contributed by atoms with van der Waals surface area (Å²) in [6.45, 7) is 4.25. The number of hydrogen-bond donors (Lipinski definition) is 3. The third kappa shape index (κ3) is 4.14. The second-order valence-electron chi connectivity index (χ2n) is 11.3. The molecule has 6 atom stereocenters. The monoisotopic (exact) mass is 513 g/mol. The van der Waals surface area contributed by atoms with Crippen LogP contribution in [-0.2, 0) is 20.9 Å². The Kier molecular flexibility index (Phi) is 7.11. The van der Waals surface area contributed by atoms with Gasteiger partial charge in [-0.2, -0.15) is 0 Å². The zero-order chi connectivity index (χ0) is 25.5. The number of nitrogens with one attached hydrogen (secondary N) is 2. The number of fused-ring (bicyclic) bond motifs is 1. The van der Waals surface area contributed by atoms with E-state index in [0.717, 1.165) is 44.1 Å². The minimum absolute atomic E-state index is 0.105. The molecule has 2 bridgehead atoms. The SMILES string of the molecule is CC[C@@H](CO)N1C(=O)[C@@H]2[C@@H](C(=O)NCc3ccccc3)[C@@]3(C)CCC2(S3)C1C(=O)NC1CCCCC1. The summed E-state index contributed by atoms with van der Waals surface area (Å²) in [6.07, 6.45) is 7.43. The van der Waals surface area contributed by atoms with E-state index in [1.807, 2.05) is 37.3 Å². The Hall–Kier alpha value is -2.06. The van der Waals surface area contributed by atoms with Gasteiger partial charge in [-0.05, 0) is 44.6 Å². The first kappa shape index (κ1) is 25.6. The third-order valence-electron chi connectivity index (χ3n) is 9.08. The second-order valence-corrected chi connectivity index (χ2v) is 13.2.